The first-order chi connectivity index (χ1) is 9.10. The van der Waals surface area contributed by atoms with Gasteiger partial charge in [0.2, 0.25) is 0 Å². The van der Waals surface area contributed by atoms with Crippen molar-refractivity contribution in [3.63, 3.8) is 0 Å². The Morgan fingerprint density at radius 1 is 1.63 bits per heavy atom. The largest absolute Gasteiger partial charge is 0.320 e. The number of hydrogen-bond donors (Lipinski definition) is 2. The van der Waals surface area contributed by atoms with Gasteiger partial charge in [0.15, 0.2) is 0 Å². The van der Waals surface area contributed by atoms with E-state index in [-0.39, 0.29) is 11.9 Å². The van der Waals surface area contributed by atoms with Crippen molar-refractivity contribution >= 4 is 23.2 Å². The van der Waals surface area contributed by atoms with Gasteiger partial charge in [-0.05, 0) is 23.8 Å². The van der Waals surface area contributed by atoms with Crippen molar-refractivity contribution in [1.29, 1.82) is 0 Å². The summed E-state index contributed by atoms with van der Waals surface area (Å²) in [6.07, 6.45) is 0. The summed E-state index contributed by atoms with van der Waals surface area (Å²) in [5.41, 5.74) is 6.27. The highest BCUT2D eigenvalue weighted by Gasteiger charge is 2.13. The third-order valence-corrected chi connectivity index (χ3v) is 3.33. The molecule has 0 radical (unpaired) electrons. The summed E-state index contributed by atoms with van der Waals surface area (Å²) < 4.78 is 0. The van der Waals surface area contributed by atoms with Crippen LogP contribution in [0.25, 0.3) is 0 Å². The van der Waals surface area contributed by atoms with Crippen LogP contribution in [-0.4, -0.2) is 32.7 Å². The first kappa shape index (κ1) is 13.2. The number of nitrogens with zero attached hydrogens (tertiary/aromatic N) is 4. The third kappa shape index (κ3) is 3.15. The molecule has 0 atom stereocenters. The highest BCUT2D eigenvalue weighted by Crippen LogP contribution is 2.21. The first-order valence-electron chi connectivity index (χ1n) is 5.45. The number of tetrazole rings is 1. The highest BCUT2D eigenvalue weighted by molar-refractivity contribution is 7.14. The van der Waals surface area contributed by atoms with Crippen LogP contribution in [0.5, 0.6) is 0 Å². The van der Waals surface area contributed by atoms with Gasteiger partial charge in [0.05, 0.1) is 23.3 Å². The Bertz CT molecular complexity index is 662. The quantitative estimate of drug-likeness (QED) is 0.760. The number of nitrogens with two attached hydrogens (primary N) is 1. The molecule has 0 spiro atoms. The van der Waals surface area contributed by atoms with Gasteiger partial charge in [-0.25, -0.2) is 0 Å². The molecule has 2 rings (SSSR count). The van der Waals surface area contributed by atoms with Gasteiger partial charge in [0, 0.05) is 0 Å². The maximum atomic E-state index is 12.0. The standard InChI is InChI=1S/C11H12N6OS/c1-7-6-9(19-8(7)4-3-5-12)10(18)13-11-14-16-17(2)15-11/h6H,5,12H2,1-2H3,(H,13,15,18). The number of anilines is 1. The molecule has 0 bridgehead atoms. The van der Waals surface area contributed by atoms with Crippen LogP contribution in [-0.2, 0) is 7.05 Å². The van der Waals surface area contributed by atoms with Gasteiger partial charge in [0.1, 0.15) is 0 Å². The molecule has 98 valence electrons. The molecular weight excluding hydrogens is 264 g/mol. The zero-order valence-electron chi connectivity index (χ0n) is 10.5. The molecule has 2 heterocycles. The fraction of sp³-hybridized carbons (Fsp3) is 0.273. The Balaban J connectivity index is 2.15. The number of amides is 1. The van der Waals surface area contributed by atoms with Crippen molar-refractivity contribution < 1.29 is 4.79 Å². The molecule has 2 aromatic heterocycles. The van der Waals surface area contributed by atoms with E-state index in [0.717, 1.165) is 10.4 Å². The Morgan fingerprint density at radius 2 is 2.42 bits per heavy atom. The second-order valence-corrected chi connectivity index (χ2v) is 4.74. The van der Waals surface area contributed by atoms with Crippen molar-refractivity contribution in [2.45, 2.75) is 6.92 Å². The summed E-state index contributed by atoms with van der Waals surface area (Å²) >= 11 is 1.31. The van der Waals surface area contributed by atoms with Crippen LogP contribution in [0, 0.1) is 18.8 Å². The minimum absolute atomic E-state index is 0.174. The number of aryl methyl sites for hydroxylation is 2. The van der Waals surface area contributed by atoms with Gasteiger partial charge in [-0.1, -0.05) is 16.9 Å². The van der Waals surface area contributed by atoms with Gasteiger partial charge in [-0.2, -0.15) is 4.80 Å². The van der Waals surface area contributed by atoms with Crippen LogP contribution >= 0.6 is 11.3 Å². The lowest BCUT2D eigenvalue weighted by molar-refractivity contribution is 0.102. The molecule has 0 unspecified atom stereocenters. The number of carbonyl (C=O) groups is 1. The zero-order chi connectivity index (χ0) is 13.8. The summed E-state index contributed by atoms with van der Waals surface area (Å²) in [7, 11) is 1.62. The van der Waals surface area contributed by atoms with Gasteiger partial charge < -0.3 is 5.73 Å². The molecule has 7 nitrogen and oxygen atoms in total. The summed E-state index contributed by atoms with van der Waals surface area (Å²) in [5, 5.41) is 13.8. The summed E-state index contributed by atoms with van der Waals surface area (Å²) in [5.74, 6) is 5.60. The zero-order valence-corrected chi connectivity index (χ0v) is 11.3. The van der Waals surface area contributed by atoms with Crippen LogP contribution < -0.4 is 11.1 Å². The van der Waals surface area contributed by atoms with Crippen molar-refractivity contribution in [3.8, 4) is 11.8 Å². The molecule has 1 amide bonds. The maximum absolute atomic E-state index is 12.0. The molecule has 0 aliphatic carbocycles. The molecule has 0 saturated heterocycles. The van der Waals surface area contributed by atoms with Crippen molar-refractivity contribution in [2.75, 3.05) is 11.9 Å². The lowest BCUT2D eigenvalue weighted by atomic mass is 10.2. The van der Waals surface area contributed by atoms with Crippen LogP contribution in [0.15, 0.2) is 6.07 Å². The van der Waals surface area contributed by atoms with E-state index in [2.05, 4.69) is 32.6 Å². The molecule has 0 aliphatic rings. The van der Waals surface area contributed by atoms with Crippen molar-refractivity contribution in [1.82, 2.24) is 20.2 Å². The normalized spacial score (nSPS) is 9.84. The lowest BCUT2D eigenvalue weighted by Gasteiger charge is -1.95. The van der Waals surface area contributed by atoms with E-state index in [1.165, 1.54) is 16.1 Å². The van der Waals surface area contributed by atoms with Crippen LogP contribution in [0.3, 0.4) is 0 Å². The number of carbonyl (C=O) groups excluding carboxylic acids is 1. The summed E-state index contributed by atoms with van der Waals surface area (Å²) in [6, 6.07) is 1.77. The average molecular weight is 276 g/mol. The molecule has 0 saturated carbocycles. The summed E-state index contributed by atoms with van der Waals surface area (Å²) in [4.78, 5) is 14.6. The van der Waals surface area contributed by atoms with E-state index in [9.17, 15) is 4.79 Å². The van der Waals surface area contributed by atoms with Crippen LogP contribution in [0.4, 0.5) is 5.95 Å². The smallest absolute Gasteiger partial charge is 0.270 e. The van der Waals surface area contributed by atoms with Gasteiger partial charge in [-0.15, -0.1) is 16.4 Å². The summed E-state index contributed by atoms with van der Waals surface area (Å²) in [6.45, 7) is 2.19. The van der Waals surface area contributed by atoms with E-state index in [1.54, 1.807) is 13.1 Å². The predicted molar refractivity (Wildman–Crippen MR) is 71.7 cm³/mol. The molecule has 8 heteroatoms. The third-order valence-electron chi connectivity index (χ3n) is 2.18. The number of nitrogens with one attached hydrogen (secondary N) is 1. The van der Waals surface area contributed by atoms with Crippen LogP contribution in [0.2, 0.25) is 0 Å². The fourth-order valence-electron chi connectivity index (χ4n) is 1.35. The number of thiophene rings is 1. The SMILES string of the molecule is Cc1cc(C(=O)Nc2nnn(C)n2)sc1C#CCN. The van der Waals surface area contributed by atoms with E-state index in [1.807, 2.05) is 6.92 Å². The van der Waals surface area contributed by atoms with Crippen molar-refractivity contribution in [3.05, 3.63) is 21.4 Å². The molecule has 0 fully saturated rings. The minimum atomic E-state index is -0.276. The van der Waals surface area contributed by atoms with E-state index in [0.29, 0.717) is 11.4 Å². The van der Waals surface area contributed by atoms with Gasteiger partial charge in [-0.3, -0.25) is 10.1 Å². The first-order valence-corrected chi connectivity index (χ1v) is 6.26. The Kier molecular flexibility index (Phi) is 3.89. The molecule has 19 heavy (non-hydrogen) atoms. The van der Waals surface area contributed by atoms with E-state index >= 15 is 0 Å². The minimum Gasteiger partial charge on any atom is -0.320 e. The average Bonchev–Trinajstić information content (AvgIpc) is 2.93. The Morgan fingerprint density at radius 3 is 3.05 bits per heavy atom. The van der Waals surface area contributed by atoms with Crippen LogP contribution in [0.1, 0.15) is 20.1 Å². The molecule has 2 aromatic rings. The second kappa shape index (κ2) is 5.60. The number of hydrogen-bond acceptors (Lipinski definition) is 6. The molecular formula is C11H12N6OS. The lowest BCUT2D eigenvalue weighted by Crippen LogP contribution is -2.11. The van der Waals surface area contributed by atoms with E-state index < -0.39 is 0 Å². The Hall–Kier alpha value is -2.24. The van der Waals surface area contributed by atoms with Gasteiger partial charge in [0.25, 0.3) is 11.9 Å². The molecule has 0 aliphatic heterocycles. The van der Waals surface area contributed by atoms with E-state index in [4.69, 9.17) is 5.73 Å². The monoisotopic (exact) mass is 276 g/mol. The topological polar surface area (TPSA) is 98.7 Å². The van der Waals surface area contributed by atoms with Crippen molar-refractivity contribution in [2.24, 2.45) is 12.8 Å². The molecule has 0 aromatic carbocycles. The highest BCUT2D eigenvalue weighted by atomic mass is 32.1. The fourth-order valence-corrected chi connectivity index (χ4v) is 2.29. The number of rotatable bonds is 2. The second-order valence-electron chi connectivity index (χ2n) is 3.69. The van der Waals surface area contributed by atoms with Gasteiger partial charge >= 0.3 is 0 Å². The number of aromatic nitrogens is 4. The predicted octanol–water partition coefficient (Wildman–Crippen LogP) is 0.143. The Labute approximate surface area is 113 Å². The maximum Gasteiger partial charge on any atom is 0.270 e. The molecule has 3 N–H and O–H groups in total.